The van der Waals surface area contributed by atoms with Crippen LogP contribution in [0, 0.1) is 19.8 Å². The zero-order valence-electron chi connectivity index (χ0n) is 17.2. The molecule has 29 heavy (non-hydrogen) atoms. The molecule has 0 saturated carbocycles. The van der Waals surface area contributed by atoms with Crippen LogP contribution in [0.25, 0.3) is 5.65 Å². The Kier molecular flexibility index (Phi) is 6.00. The van der Waals surface area contributed by atoms with Gasteiger partial charge in [0.25, 0.3) is 5.82 Å². The summed E-state index contributed by atoms with van der Waals surface area (Å²) in [5.41, 5.74) is 1.45. The van der Waals surface area contributed by atoms with Crippen LogP contribution in [0.3, 0.4) is 0 Å². The number of hydrogen-bond acceptors (Lipinski definition) is 5. The molecule has 0 aromatic carbocycles. The fourth-order valence-corrected chi connectivity index (χ4v) is 3.78. The fraction of sp³-hybridized carbons (Fsp3) is 0.684. The number of aryl methyl sites for hydroxylation is 1. The van der Waals surface area contributed by atoms with E-state index < -0.39 is 12.0 Å². The molecule has 1 fully saturated rings. The lowest BCUT2D eigenvalue weighted by Crippen LogP contribution is -2.44. The van der Waals surface area contributed by atoms with E-state index in [1.165, 1.54) is 0 Å². The normalized spacial score (nSPS) is 16.1. The first-order chi connectivity index (χ1) is 13.7. The number of fused-ring (bicyclic) bond motifs is 1. The van der Waals surface area contributed by atoms with Crippen LogP contribution < -0.4 is 5.32 Å². The predicted molar refractivity (Wildman–Crippen MR) is 103 cm³/mol. The number of carbonyl (C=O) groups is 1. The van der Waals surface area contributed by atoms with Crippen LogP contribution in [-0.4, -0.2) is 49.7 Å². The van der Waals surface area contributed by atoms with Gasteiger partial charge in [-0.05, 0) is 45.1 Å². The van der Waals surface area contributed by atoms with Crippen molar-refractivity contribution in [3.8, 4) is 0 Å². The number of nitrogens with zero attached hydrogens (tertiary/aromatic N) is 5. The Labute approximate surface area is 167 Å². The summed E-state index contributed by atoms with van der Waals surface area (Å²) in [6, 6.07) is 0.0367. The van der Waals surface area contributed by atoms with Gasteiger partial charge in [0.15, 0.2) is 11.5 Å². The van der Waals surface area contributed by atoms with Crippen molar-refractivity contribution in [3.05, 3.63) is 17.0 Å². The maximum absolute atomic E-state index is 13.2. The van der Waals surface area contributed by atoms with Gasteiger partial charge in [-0.2, -0.15) is 17.7 Å². The lowest BCUT2D eigenvalue weighted by Gasteiger charge is -2.34. The molecule has 1 amide bonds. The van der Waals surface area contributed by atoms with Crippen molar-refractivity contribution in [1.29, 1.82) is 0 Å². The number of anilines is 1. The van der Waals surface area contributed by atoms with Gasteiger partial charge in [-0.25, -0.2) is 0 Å². The van der Waals surface area contributed by atoms with Gasteiger partial charge < -0.3 is 10.2 Å². The number of hydrogen-bond donors (Lipinski definition) is 1. The maximum atomic E-state index is 13.2. The molecule has 2 aromatic heterocycles. The molecule has 7 nitrogen and oxygen atoms in total. The maximum Gasteiger partial charge on any atom is 0.453 e. The highest BCUT2D eigenvalue weighted by Crippen LogP contribution is 2.30. The number of halogens is 3. The number of aromatic nitrogens is 4. The first kappa shape index (κ1) is 21.3. The molecule has 0 radical (unpaired) electrons. The summed E-state index contributed by atoms with van der Waals surface area (Å²) in [6.07, 6.45) is -1.53. The van der Waals surface area contributed by atoms with Gasteiger partial charge >= 0.3 is 6.18 Å². The largest absolute Gasteiger partial charge is 0.453 e. The SMILES string of the molecule is CCC(CC)C(=O)N1CCC(Nc2nn3c(C(F)(F)F)nnc3c(C)c2C)CC1. The number of carbonyl (C=O) groups excluding carboxylic acids is 1. The molecular formula is C19H27F3N6O. The highest BCUT2D eigenvalue weighted by molar-refractivity contribution is 5.78. The first-order valence-electron chi connectivity index (χ1n) is 10.0. The molecule has 10 heteroatoms. The summed E-state index contributed by atoms with van der Waals surface area (Å²) in [5.74, 6) is -0.489. The Morgan fingerprint density at radius 1 is 1.14 bits per heavy atom. The monoisotopic (exact) mass is 412 g/mol. The lowest BCUT2D eigenvalue weighted by atomic mass is 9.98. The van der Waals surface area contributed by atoms with Crippen LogP contribution in [-0.2, 0) is 11.0 Å². The van der Waals surface area contributed by atoms with Gasteiger partial charge in [0.1, 0.15) is 0 Å². The zero-order valence-corrected chi connectivity index (χ0v) is 17.2. The number of nitrogens with one attached hydrogen (secondary N) is 1. The van der Waals surface area contributed by atoms with Crippen molar-refractivity contribution >= 4 is 17.4 Å². The molecule has 160 valence electrons. The molecule has 1 saturated heterocycles. The van der Waals surface area contributed by atoms with Crippen molar-refractivity contribution in [2.45, 2.75) is 65.6 Å². The second-order valence-corrected chi connectivity index (χ2v) is 7.61. The topological polar surface area (TPSA) is 75.4 Å². The van der Waals surface area contributed by atoms with Gasteiger partial charge in [0.2, 0.25) is 5.91 Å². The van der Waals surface area contributed by atoms with Crippen LogP contribution >= 0.6 is 0 Å². The Morgan fingerprint density at radius 2 is 1.76 bits per heavy atom. The highest BCUT2D eigenvalue weighted by atomic mass is 19.4. The van der Waals surface area contributed by atoms with Crippen molar-refractivity contribution < 1.29 is 18.0 Å². The van der Waals surface area contributed by atoms with Crippen LogP contribution in [0.5, 0.6) is 0 Å². The fourth-order valence-electron chi connectivity index (χ4n) is 3.78. The number of alkyl halides is 3. The molecule has 2 aromatic rings. The molecule has 1 aliphatic heterocycles. The third kappa shape index (κ3) is 4.16. The lowest BCUT2D eigenvalue weighted by molar-refractivity contribution is -0.146. The summed E-state index contributed by atoms with van der Waals surface area (Å²) >= 11 is 0. The van der Waals surface area contributed by atoms with Crippen LogP contribution in [0.4, 0.5) is 19.0 Å². The van der Waals surface area contributed by atoms with Gasteiger partial charge in [-0.1, -0.05) is 13.8 Å². The molecule has 3 rings (SSSR count). The van der Waals surface area contributed by atoms with Crippen LogP contribution in [0.1, 0.15) is 56.5 Å². The molecule has 0 aliphatic carbocycles. The van der Waals surface area contributed by atoms with Crippen molar-refractivity contribution in [1.82, 2.24) is 24.7 Å². The standard InChI is InChI=1S/C19H27F3N6O/c1-5-13(6-2)17(29)27-9-7-14(8-10-27)23-15-11(3)12(4)16-24-25-18(19(20,21)22)28(16)26-15/h13-14H,5-10H2,1-4H3,(H,23,26). The van der Waals surface area contributed by atoms with E-state index in [1.54, 1.807) is 13.8 Å². The van der Waals surface area contributed by atoms with Gasteiger partial charge in [0.05, 0.1) is 0 Å². The van der Waals surface area contributed by atoms with E-state index in [0.717, 1.165) is 35.8 Å². The average Bonchev–Trinajstić information content (AvgIpc) is 3.11. The van der Waals surface area contributed by atoms with E-state index in [4.69, 9.17) is 0 Å². The molecule has 0 spiro atoms. The predicted octanol–water partition coefficient (Wildman–Crippen LogP) is 3.60. The van der Waals surface area contributed by atoms with E-state index in [2.05, 4.69) is 20.6 Å². The zero-order chi connectivity index (χ0) is 21.3. The molecule has 1 aliphatic rings. The van der Waals surface area contributed by atoms with Crippen LogP contribution in [0.2, 0.25) is 0 Å². The highest BCUT2D eigenvalue weighted by Gasteiger charge is 2.38. The van der Waals surface area contributed by atoms with Crippen molar-refractivity contribution in [2.75, 3.05) is 18.4 Å². The molecule has 3 heterocycles. The van der Waals surface area contributed by atoms with Gasteiger partial charge in [0, 0.05) is 30.6 Å². The molecule has 0 unspecified atom stereocenters. The molecule has 0 atom stereocenters. The minimum Gasteiger partial charge on any atom is -0.366 e. The van der Waals surface area contributed by atoms with E-state index in [1.807, 2.05) is 18.7 Å². The third-order valence-corrected chi connectivity index (χ3v) is 5.83. The Morgan fingerprint density at radius 3 is 2.31 bits per heavy atom. The second-order valence-electron chi connectivity index (χ2n) is 7.61. The number of piperidine rings is 1. The summed E-state index contributed by atoms with van der Waals surface area (Å²) in [5, 5.41) is 14.3. The summed E-state index contributed by atoms with van der Waals surface area (Å²) in [4.78, 5) is 14.4. The van der Waals surface area contributed by atoms with Crippen molar-refractivity contribution in [3.63, 3.8) is 0 Å². The third-order valence-electron chi connectivity index (χ3n) is 5.83. The second kappa shape index (κ2) is 8.16. The first-order valence-corrected chi connectivity index (χ1v) is 10.0. The van der Waals surface area contributed by atoms with Gasteiger partial charge in [-0.3, -0.25) is 4.79 Å². The minimum atomic E-state index is -4.63. The molecular weight excluding hydrogens is 385 g/mol. The van der Waals surface area contributed by atoms with E-state index >= 15 is 0 Å². The Bertz CT molecular complexity index is 882. The van der Waals surface area contributed by atoms with E-state index in [-0.39, 0.29) is 23.5 Å². The Balaban J connectivity index is 1.76. The average molecular weight is 412 g/mol. The summed E-state index contributed by atoms with van der Waals surface area (Å²) in [6.45, 7) is 8.82. The summed E-state index contributed by atoms with van der Waals surface area (Å²) in [7, 11) is 0. The minimum absolute atomic E-state index is 0.0367. The number of rotatable bonds is 5. The van der Waals surface area contributed by atoms with Crippen molar-refractivity contribution in [2.24, 2.45) is 5.92 Å². The Hall–Kier alpha value is -2.39. The summed E-state index contributed by atoms with van der Waals surface area (Å²) < 4.78 is 40.3. The quantitative estimate of drug-likeness (QED) is 0.812. The van der Waals surface area contributed by atoms with E-state index in [0.29, 0.717) is 24.5 Å². The smallest absolute Gasteiger partial charge is 0.366 e. The van der Waals surface area contributed by atoms with Gasteiger partial charge in [-0.15, -0.1) is 15.3 Å². The van der Waals surface area contributed by atoms with E-state index in [9.17, 15) is 18.0 Å². The number of likely N-dealkylation sites (tertiary alicyclic amines) is 1. The molecule has 1 N–H and O–H groups in total. The number of amides is 1. The van der Waals surface area contributed by atoms with Crippen LogP contribution in [0.15, 0.2) is 0 Å². The molecule has 0 bridgehead atoms.